The van der Waals surface area contributed by atoms with Crippen molar-refractivity contribution in [2.75, 3.05) is 13.2 Å². The Bertz CT molecular complexity index is 1040. The molecule has 0 radical (unpaired) electrons. The van der Waals surface area contributed by atoms with Gasteiger partial charge in [-0.05, 0) is 70.6 Å². The molecule has 0 aliphatic rings. The van der Waals surface area contributed by atoms with Crippen LogP contribution in [0.1, 0.15) is 310 Å². The lowest BCUT2D eigenvalue weighted by atomic mass is 10.0. The zero-order valence-electron chi connectivity index (χ0n) is 43.1. The van der Waals surface area contributed by atoms with Gasteiger partial charge >= 0.3 is 17.9 Å². The molecule has 0 aliphatic heterocycles. The van der Waals surface area contributed by atoms with Crippen LogP contribution in [0.4, 0.5) is 0 Å². The Kier molecular flexibility index (Phi) is 51.7. The molecule has 376 valence electrons. The number of allylic oxidation sites excluding steroid dienone is 4. The molecule has 0 unspecified atom stereocenters. The van der Waals surface area contributed by atoms with Gasteiger partial charge in [0.2, 0.25) is 0 Å². The molecule has 0 saturated heterocycles. The zero-order chi connectivity index (χ0) is 46.5. The van der Waals surface area contributed by atoms with Crippen molar-refractivity contribution in [2.24, 2.45) is 0 Å². The average molecular weight is 901 g/mol. The topological polar surface area (TPSA) is 78.9 Å². The fraction of sp³-hybridized carbons (Fsp3) is 0.879. The molecule has 0 bridgehead atoms. The van der Waals surface area contributed by atoms with E-state index in [0.717, 1.165) is 64.2 Å². The van der Waals surface area contributed by atoms with Crippen molar-refractivity contribution in [2.45, 2.75) is 316 Å². The second-order valence-corrected chi connectivity index (χ2v) is 19.2. The normalized spacial score (nSPS) is 12.1. The highest BCUT2D eigenvalue weighted by Crippen LogP contribution is 2.16. The van der Waals surface area contributed by atoms with Crippen molar-refractivity contribution in [1.29, 1.82) is 0 Å². The van der Waals surface area contributed by atoms with E-state index in [1.54, 1.807) is 0 Å². The smallest absolute Gasteiger partial charge is 0.306 e. The highest BCUT2D eigenvalue weighted by molar-refractivity contribution is 5.71. The lowest BCUT2D eigenvalue weighted by Crippen LogP contribution is -2.30. The van der Waals surface area contributed by atoms with Gasteiger partial charge in [-0.2, -0.15) is 0 Å². The van der Waals surface area contributed by atoms with Gasteiger partial charge in [0, 0.05) is 19.3 Å². The summed E-state index contributed by atoms with van der Waals surface area (Å²) in [7, 11) is 0. The molecule has 0 saturated carbocycles. The second kappa shape index (κ2) is 53.5. The molecular weight excluding hydrogens is 793 g/mol. The van der Waals surface area contributed by atoms with E-state index in [2.05, 4.69) is 45.1 Å². The number of rotatable bonds is 52. The summed E-state index contributed by atoms with van der Waals surface area (Å²) in [5.74, 6) is -0.863. The van der Waals surface area contributed by atoms with Crippen LogP contribution in [0.5, 0.6) is 0 Å². The third kappa shape index (κ3) is 50.9. The first-order valence-electron chi connectivity index (χ1n) is 28.3. The summed E-state index contributed by atoms with van der Waals surface area (Å²) >= 11 is 0. The van der Waals surface area contributed by atoms with E-state index < -0.39 is 6.10 Å². The maximum atomic E-state index is 12.8. The Labute approximate surface area is 398 Å². The standard InChI is InChI=1S/C58H108O6/c1-4-7-10-13-16-19-22-25-27-28-29-30-31-34-36-39-42-45-48-51-57(60)63-54-55(53-62-56(59)50-47-44-41-38-35-32-24-21-18-15-12-9-6-3)64-58(61)52-49-46-43-40-37-33-26-23-20-17-14-11-8-5-2/h21,24-25,27,55H,4-20,22-23,26,28-54H2,1-3H3/b24-21+,27-25+/t55-/m1/s1. The minimum atomic E-state index is -0.770. The van der Waals surface area contributed by atoms with Crippen molar-refractivity contribution in [1.82, 2.24) is 0 Å². The molecule has 0 aromatic rings. The minimum Gasteiger partial charge on any atom is -0.462 e. The summed E-state index contributed by atoms with van der Waals surface area (Å²) in [6, 6.07) is 0. The van der Waals surface area contributed by atoms with Crippen LogP contribution >= 0.6 is 0 Å². The predicted octanol–water partition coefficient (Wildman–Crippen LogP) is 18.7. The SMILES string of the molecule is CCCCCC/C=C/CCCCCCCC(=O)OC[C@H](COC(=O)CCCCCCCCCCC/C=C/CCCCCCCC)OC(=O)CCCCCCCCCCCCCCCC. The van der Waals surface area contributed by atoms with Gasteiger partial charge in [-0.1, -0.05) is 244 Å². The molecule has 6 nitrogen and oxygen atoms in total. The number of carbonyl (C=O) groups excluding carboxylic acids is 3. The van der Waals surface area contributed by atoms with Crippen LogP contribution in [0.3, 0.4) is 0 Å². The molecule has 0 heterocycles. The van der Waals surface area contributed by atoms with E-state index in [4.69, 9.17) is 14.2 Å². The Morgan fingerprint density at radius 2 is 0.516 bits per heavy atom. The van der Waals surface area contributed by atoms with Crippen molar-refractivity contribution in [3.63, 3.8) is 0 Å². The first kappa shape index (κ1) is 61.9. The molecule has 64 heavy (non-hydrogen) atoms. The van der Waals surface area contributed by atoms with Gasteiger partial charge in [0.15, 0.2) is 6.10 Å². The fourth-order valence-corrected chi connectivity index (χ4v) is 8.37. The summed E-state index contributed by atoms with van der Waals surface area (Å²) in [6.07, 6.45) is 61.6. The van der Waals surface area contributed by atoms with Gasteiger partial charge in [0.25, 0.3) is 0 Å². The lowest BCUT2D eigenvalue weighted by Gasteiger charge is -2.18. The average Bonchev–Trinajstić information content (AvgIpc) is 3.29. The van der Waals surface area contributed by atoms with E-state index >= 15 is 0 Å². The van der Waals surface area contributed by atoms with Crippen LogP contribution in [-0.2, 0) is 28.6 Å². The number of carbonyl (C=O) groups is 3. The molecule has 0 fully saturated rings. The Balaban J connectivity index is 4.31. The molecule has 0 N–H and O–H groups in total. The van der Waals surface area contributed by atoms with Crippen LogP contribution in [0, 0.1) is 0 Å². The molecule has 0 rings (SSSR count). The van der Waals surface area contributed by atoms with Gasteiger partial charge in [-0.3, -0.25) is 14.4 Å². The molecule has 0 amide bonds. The largest absolute Gasteiger partial charge is 0.462 e. The van der Waals surface area contributed by atoms with Crippen LogP contribution in [0.2, 0.25) is 0 Å². The Hall–Kier alpha value is -2.11. The molecule has 0 spiro atoms. The summed E-state index contributed by atoms with van der Waals surface area (Å²) in [5.41, 5.74) is 0. The molecule has 0 aromatic heterocycles. The highest BCUT2D eigenvalue weighted by Gasteiger charge is 2.19. The van der Waals surface area contributed by atoms with E-state index in [0.29, 0.717) is 19.3 Å². The van der Waals surface area contributed by atoms with Crippen LogP contribution in [-0.4, -0.2) is 37.2 Å². The van der Waals surface area contributed by atoms with Crippen molar-refractivity contribution in [3.8, 4) is 0 Å². The third-order valence-corrected chi connectivity index (χ3v) is 12.7. The van der Waals surface area contributed by atoms with E-state index in [-0.39, 0.29) is 31.1 Å². The molecule has 0 aromatic carbocycles. The number of ether oxygens (including phenoxy) is 3. The van der Waals surface area contributed by atoms with Gasteiger partial charge in [-0.15, -0.1) is 0 Å². The second-order valence-electron chi connectivity index (χ2n) is 19.2. The quantitative estimate of drug-likeness (QED) is 0.0262. The maximum Gasteiger partial charge on any atom is 0.306 e. The van der Waals surface area contributed by atoms with Crippen LogP contribution in [0.15, 0.2) is 24.3 Å². The summed E-state index contributed by atoms with van der Waals surface area (Å²) in [5, 5.41) is 0. The van der Waals surface area contributed by atoms with Gasteiger partial charge < -0.3 is 14.2 Å². The first-order valence-corrected chi connectivity index (χ1v) is 28.3. The molecule has 0 aliphatic carbocycles. The van der Waals surface area contributed by atoms with Crippen LogP contribution in [0.25, 0.3) is 0 Å². The number of hydrogen-bond donors (Lipinski definition) is 0. The summed E-state index contributed by atoms with van der Waals surface area (Å²) < 4.78 is 16.9. The van der Waals surface area contributed by atoms with E-state index in [1.807, 2.05) is 0 Å². The molecular formula is C58H108O6. The minimum absolute atomic E-state index is 0.0707. The summed E-state index contributed by atoms with van der Waals surface area (Å²) in [6.45, 7) is 6.65. The number of unbranched alkanes of at least 4 members (excludes halogenated alkanes) is 37. The van der Waals surface area contributed by atoms with Crippen molar-refractivity contribution in [3.05, 3.63) is 24.3 Å². The summed E-state index contributed by atoms with van der Waals surface area (Å²) in [4.78, 5) is 38.1. The van der Waals surface area contributed by atoms with Crippen LogP contribution < -0.4 is 0 Å². The van der Waals surface area contributed by atoms with Crippen molar-refractivity contribution < 1.29 is 28.6 Å². The zero-order valence-corrected chi connectivity index (χ0v) is 43.1. The highest BCUT2D eigenvalue weighted by atomic mass is 16.6. The maximum absolute atomic E-state index is 12.8. The molecule has 6 heteroatoms. The Morgan fingerprint density at radius 1 is 0.297 bits per heavy atom. The molecule has 1 atom stereocenters. The van der Waals surface area contributed by atoms with Crippen molar-refractivity contribution >= 4 is 17.9 Å². The first-order chi connectivity index (χ1) is 31.5. The Morgan fingerprint density at radius 3 is 0.797 bits per heavy atom. The predicted molar refractivity (Wildman–Crippen MR) is 275 cm³/mol. The number of hydrogen-bond acceptors (Lipinski definition) is 6. The fourth-order valence-electron chi connectivity index (χ4n) is 8.37. The van der Waals surface area contributed by atoms with Gasteiger partial charge in [0.1, 0.15) is 13.2 Å². The van der Waals surface area contributed by atoms with E-state index in [1.165, 1.54) is 205 Å². The number of esters is 3. The monoisotopic (exact) mass is 901 g/mol. The van der Waals surface area contributed by atoms with E-state index in [9.17, 15) is 14.4 Å². The lowest BCUT2D eigenvalue weighted by molar-refractivity contribution is -0.167. The van der Waals surface area contributed by atoms with Gasteiger partial charge in [-0.25, -0.2) is 0 Å². The van der Waals surface area contributed by atoms with Gasteiger partial charge in [0.05, 0.1) is 0 Å². The third-order valence-electron chi connectivity index (χ3n) is 12.7.